The van der Waals surface area contributed by atoms with Crippen LogP contribution in [0.25, 0.3) is 11.0 Å². The van der Waals surface area contributed by atoms with Crippen molar-refractivity contribution in [1.82, 2.24) is 24.6 Å². The van der Waals surface area contributed by atoms with Gasteiger partial charge in [0.05, 0.1) is 12.0 Å². The van der Waals surface area contributed by atoms with Crippen molar-refractivity contribution in [2.75, 3.05) is 38.1 Å². The summed E-state index contributed by atoms with van der Waals surface area (Å²) in [5.41, 5.74) is 0.789. The molecule has 0 atom stereocenters. The zero-order valence-electron chi connectivity index (χ0n) is 11.7. The van der Waals surface area contributed by atoms with Crippen LogP contribution in [0.4, 0.5) is 5.82 Å². The molecule has 2 aromatic heterocycles. The van der Waals surface area contributed by atoms with E-state index in [0.29, 0.717) is 6.54 Å². The number of fused-ring (bicyclic) bond motifs is 1. The summed E-state index contributed by atoms with van der Waals surface area (Å²) >= 11 is 3.43. The van der Waals surface area contributed by atoms with E-state index in [1.165, 1.54) is 6.33 Å². The van der Waals surface area contributed by atoms with Crippen LogP contribution >= 0.6 is 15.9 Å². The van der Waals surface area contributed by atoms with Crippen molar-refractivity contribution >= 4 is 32.8 Å². The summed E-state index contributed by atoms with van der Waals surface area (Å²) in [6.07, 6.45) is 1.53. The fraction of sp³-hybridized carbons (Fsp3) is 0.583. The van der Waals surface area contributed by atoms with Gasteiger partial charge >= 0.3 is 0 Å². The minimum Gasteiger partial charge on any atom is -0.395 e. The number of nitrogens with zero attached hydrogens (tertiary/aromatic N) is 5. The van der Waals surface area contributed by atoms with Crippen molar-refractivity contribution in [2.24, 2.45) is 7.05 Å². The number of aliphatic hydroxyl groups is 1. The number of aromatic nitrogens is 4. The Hall–Kier alpha value is -1.25. The van der Waals surface area contributed by atoms with Crippen LogP contribution in [-0.4, -0.2) is 62.5 Å². The van der Waals surface area contributed by atoms with Gasteiger partial charge in [0.2, 0.25) is 0 Å². The number of halogens is 1. The van der Waals surface area contributed by atoms with Crippen LogP contribution in [0.1, 0.15) is 6.92 Å². The summed E-state index contributed by atoms with van der Waals surface area (Å²) in [6, 6.07) is 0. The molecular formula is C12H19BrN6O. The van der Waals surface area contributed by atoms with Crippen molar-refractivity contribution < 1.29 is 5.11 Å². The lowest BCUT2D eigenvalue weighted by atomic mass is 10.4. The maximum absolute atomic E-state index is 8.96. The summed E-state index contributed by atoms with van der Waals surface area (Å²) < 4.78 is 2.46. The van der Waals surface area contributed by atoms with Crippen molar-refractivity contribution in [3.8, 4) is 0 Å². The number of aryl methyl sites for hydroxylation is 1. The van der Waals surface area contributed by atoms with E-state index in [1.54, 1.807) is 4.68 Å². The fourth-order valence-electron chi connectivity index (χ4n) is 2.08. The van der Waals surface area contributed by atoms with Gasteiger partial charge in [0.25, 0.3) is 0 Å². The Kier molecular flexibility index (Phi) is 5.27. The molecule has 20 heavy (non-hydrogen) atoms. The zero-order valence-corrected chi connectivity index (χ0v) is 13.3. The van der Waals surface area contributed by atoms with Crippen LogP contribution < -0.4 is 5.32 Å². The lowest BCUT2D eigenvalue weighted by Gasteiger charge is -2.19. The number of aliphatic hydroxyl groups excluding tert-OH is 1. The molecule has 0 aliphatic carbocycles. The lowest BCUT2D eigenvalue weighted by Crippen LogP contribution is -2.31. The number of anilines is 1. The molecule has 0 saturated carbocycles. The lowest BCUT2D eigenvalue weighted by molar-refractivity contribution is 0.206. The van der Waals surface area contributed by atoms with Crippen LogP contribution in [0.3, 0.4) is 0 Å². The first kappa shape index (κ1) is 15.1. The molecule has 0 amide bonds. The van der Waals surface area contributed by atoms with Gasteiger partial charge in [-0.2, -0.15) is 5.10 Å². The molecule has 2 N–H and O–H groups in total. The van der Waals surface area contributed by atoms with Gasteiger partial charge in [-0.1, -0.05) is 6.92 Å². The molecule has 2 aromatic rings. The van der Waals surface area contributed by atoms with Crippen LogP contribution in [0.15, 0.2) is 10.9 Å². The molecule has 0 saturated heterocycles. The third-order valence-corrected chi connectivity index (χ3v) is 3.72. The maximum atomic E-state index is 8.96. The van der Waals surface area contributed by atoms with Crippen LogP contribution in [0.5, 0.6) is 0 Å². The summed E-state index contributed by atoms with van der Waals surface area (Å²) in [7, 11) is 1.85. The predicted molar refractivity (Wildman–Crippen MR) is 81.7 cm³/mol. The Morgan fingerprint density at radius 3 is 2.90 bits per heavy atom. The minimum atomic E-state index is 0.180. The normalized spacial score (nSPS) is 11.4. The highest BCUT2D eigenvalue weighted by atomic mass is 79.9. The van der Waals surface area contributed by atoms with Crippen molar-refractivity contribution in [3.63, 3.8) is 0 Å². The largest absolute Gasteiger partial charge is 0.395 e. The Morgan fingerprint density at radius 2 is 2.20 bits per heavy atom. The van der Waals surface area contributed by atoms with E-state index in [2.05, 4.69) is 48.1 Å². The third-order valence-electron chi connectivity index (χ3n) is 3.16. The number of hydrogen-bond donors (Lipinski definition) is 2. The standard InChI is InChI=1S/C12H19BrN6O/c1-3-19(6-7-20)5-4-14-11-9-10(13)17-18(2)12(9)16-8-15-11/h8,20H,3-7H2,1-2H3,(H,14,15,16). The smallest absolute Gasteiger partial charge is 0.164 e. The second-order valence-corrected chi connectivity index (χ2v) is 5.17. The number of nitrogens with one attached hydrogen (secondary N) is 1. The predicted octanol–water partition coefficient (Wildman–Crippen LogP) is 0.852. The van der Waals surface area contributed by atoms with Gasteiger partial charge in [-0.25, -0.2) is 14.6 Å². The summed E-state index contributed by atoms with van der Waals surface area (Å²) in [6.45, 7) is 5.46. The van der Waals surface area contributed by atoms with Gasteiger partial charge in [0.1, 0.15) is 16.7 Å². The molecule has 0 aliphatic rings. The molecule has 0 aliphatic heterocycles. The Bertz CT molecular complexity index is 572. The summed E-state index contributed by atoms with van der Waals surface area (Å²) in [4.78, 5) is 10.7. The van der Waals surface area contributed by atoms with Gasteiger partial charge in [0, 0.05) is 26.7 Å². The number of likely N-dealkylation sites (N-methyl/N-ethyl adjacent to an activating group) is 1. The molecule has 0 bridgehead atoms. The summed E-state index contributed by atoms with van der Waals surface area (Å²) in [5, 5.41) is 17.4. The molecule has 7 nitrogen and oxygen atoms in total. The highest BCUT2D eigenvalue weighted by Gasteiger charge is 2.13. The molecule has 0 radical (unpaired) electrons. The van der Waals surface area contributed by atoms with E-state index in [0.717, 1.165) is 41.1 Å². The van der Waals surface area contributed by atoms with Crippen molar-refractivity contribution in [1.29, 1.82) is 0 Å². The first-order chi connectivity index (χ1) is 9.67. The van der Waals surface area contributed by atoms with Gasteiger partial charge in [-0.05, 0) is 22.5 Å². The number of hydrogen-bond acceptors (Lipinski definition) is 6. The first-order valence-electron chi connectivity index (χ1n) is 6.57. The Balaban J connectivity index is 2.07. The Morgan fingerprint density at radius 1 is 1.40 bits per heavy atom. The molecule has 110 valence electrons. The second-order valence-electron chi connectivity index (χ2n) is 4.42. The first-order valence-corrected chi connectivity index (χ1v) is 7.37. The molecule has 0 fully saturated rings. The third kappa shape index (κ3) is 3.25. The van der Waals surface area contributed by atoms with E-state index < -0.39 is 0 Å². The number of rotatable bonds is 7. The maximum Gasteiger partial charge on any atom is 0.164 e. The van der Waals surface area contributed by atoms with E-state index in [4.69, 9.17) is 5.11 Å². The van der Waals surface area contributed by atoms with Crippen molar-refractivity contribution in [3.05, 3.63) is 10.9 Å². The summed E-state index contributed by atoms with van der Waals surface area (Å²) in [5.74, 6) is 0.773. The van der Waals surface area contributed by atoms with Gasteiger partial charge in [-0.3, -0.25) is 4.90 Å². The second kappa shape index (κ2) is 6.96. The van der Waals surface area contributed by atoms with E-state index in [1.807, 2.05) is 7.05 Å². The average molecular weight is 343 g/mol. The molecule has 2 rings (SSSR count). The molecule has 0 spiro atoms. The zero-order chi connectivity index (χ0) is 14.5. The van der Waals surface area contributed by atoms with Crippen LogP contribution in [0.2, 0.25) is 0 Å². The average Bonchev–Trinajstić information content (AvgIpc) is 2.74. The minimum absolute atomic E-state index is 0.180. The molecule has 2 heterocycles. The topological polar surface area (TPSA) is 79.1 Å². The van der Waals surface area contributed by atoms with E-state index in [9.17, 15) is 0 Å². The van der Waals surface area contributed by atoms with E-state index in [-0.39, 0.29) is 6.61 Å². The highest BCUT2D eigenvalue weighted by molar-refractivity contribution is 9.10. The highest BCUT2D eigenvalue weighted by Crippen LogP contribution is 2.26. The quantitative estimate of drug-likeness (QED) is 0.776. The van der Waals surface area contributed by atoms with Gasteiger partial charge in [0.15, 0.2) is 5.65 Å². The van der Waals surface area contributed by atoms with Crippen LogP contribution in [0, 0.1) is 0 Å². The van der Waals surface area contributed by atoms with E-state index >= 15 is 0 Å². The molecule has 0 unspecified atom stereocenters. The SMILES string of the molecule is CCN(CCO)CCNc1ncnc2c1c(Br)nn2C. The molecule has 8 heteroatoms. The van der Waals surface area contributed by atoms with Gasteiger partial charge < -0.3 is 10.4 Å². The van der Waals surface area contributed by atoms with Gasteiger partial charge in [-0.15, -0.1) is 0 Å². The van der Waals surface area contributed by atoms with Crippen molar-refractivity contribution in [2.45, 2.75) is 6.92 Å². The monoisotopic (exact) mass is 342 g/mol. The molecular weight excluding hydrogens is 324 g/mol. The van der Waals surface area contributed by atoms with Crippen LogP contribution in [-0.2, 0) is 7.05 Å². The molecule has 0 aromatic carbocycles. The Labute approximate surface area is 126 Å². The fourth-order valence-corrected chi connectivity index (χ4v) is 2.68.